The smallest absolute Gasteiger partial charge is 0.270 e. The van der Waals surface area contributed by atoms with E-state index < -0.39 is 25.0 Å². The average Bonchev–Trinajstić information content (AvgIpc) is 2.68. The SMILES string of the molecule is Cc1ccc([N+](=O)[O-])cc1S(=O)(=O)Nc1ccc(S(=O)(=O)N2CCCC(C)C2)cc1. The van der Waals surface area contributed by atoms with Crippen LogP contribution in [0.3, 0.4) is 0 Å². The van der Waals surface area contributed by atoms with Gasteiger partial charge in [-0.3, -0.25) is 14.8 Å². The van der Waals surface area contributed by atoms with Gasteiger partial charge in [0.2, 0.25) is 10.0 Å². The first kappa shape index (κ1) is 22.2. The van der Waals surface area contributed by atoms with E-state index in [-0.39, 0.29) is 27.1 Å². The maximum absolute atomic E-state index is 12.8. The molecule has 0 aliphatic carbocycles. The molecule has 1 unspecified atom stereocenters. The lowest BCUT2D eigenvalue weighted by atomic mass is 10.0. The summed E-state index contributed by atoms with van der Waals surface area (Å²) in [4.78, 5) is 10.2. The summed E-state index contributed by atoms with van der Waals surface area (Å²) in [6.45, 7) is 4.47. The number of anilines is 1. The molecule has 1 aliphatic heterocycles. The third-order valence-corrected chi connectivity index (χ3v) is 8.44. The van der Waals surface area contributed by atoms with E-state index in [1.54, 1.807) is 0 Å². The Balaban J connectivity index is 1.83. The van der Waals surface area contributed by atoms with Crippen LogP contribution in [-0.4, -0.2) is 39.2 Å². The van der Waals surface area contributed by atoms with Crippen molar-refractivity contribution < 1.29 is 21.8 Å². The minimum absolute atomic E-state index is 0.0890. The van der Waals surface area contributed by atoms with Crippen molar-refractivity contribution in [1.82, 2.24) is 4.31 Å². The minimum Gasteiger partial charge on any atom is -0.280 e. The van der Waals surface area contributed by atoms with Crippen molar-refractivity contribution in [2.45, 2.75) is 36.5 Å². The zero-order valence-electron chi connectivity index (χ0n) is 16.6. The minimum atomic E-state index is -4.09. The number of sulfonamides is 2. The Morgan fingerprint density at radius 1 is 1.10 bits per heavy atom. The summed E-state index contributed by atoms with van der Waals surface area (Å²) in [6, 6.07) is 9.03. The van der Waals surface area contributed by atoms with Crippen molar-refractivity contribution in [2.75, 3.05) is 17.8 Å². The standard InChI is InChI=1S/C19H23N3O6S2/c1-14-4-3-11-21(13-14)30(27,28)18-9-6-16(7-10-18)20-29(25,26)19-12-17(22(23)24)8-5-15(19)2/h5-10,12,14,20H,3-4,11,13H2,1-2H3. The molecule has 11 heteroatoms. The number of hydrogen-bond donors (Lipinski definition) is 1. The van der Waals surface area contributed by atoms with Crippen molar-refractivity contribution >= 4 is 31.4 Å². The van der Waals surface area contributed by atoms with Crippen molar-refractivity contribution in [3.8, 4) is 0 Å². The summed E-state index contributed by atoms with van der Waals surface area (Å²) in [6.07, 6.45) is 1.80. The van der Waals surface area contributed by atoms with E-state index in [0.29, 0.717) is 18.7 Å². The molecule has 1 atom stereocenters. The van der Waals surface area contributed by atoms with E-state index in [9.17, 15) is 26.9 Å². The molecule has 162 valence electrons. The molecule has 30 heavy (non-hydrogen) atoms. The van der Waals surface area contributed by atoms with Crippen LogP contribution in [0.5, 0.6) is 0 Å². The van der Waals surface area contributed by atoms with Crippen molar-refractivity contribution in [2.24, 2.45) is 5.92 Å². The van der Waals surface area contributed by atoms with E-state index in [0.717, 1.165) is 18.9 Å². The van der Waals surface area contributed by atoms with Gasteiger partial charge in [-0.2, -0.15) is 4.31 Å². The second-order valence-electron chi connectivity index (χ2n) is 7.45. The highest BCUT2D eigenvalue weighted by molar-refractivity contribution is 7.92. The fourth-order valence-corrected chi connectivity index (χ4v) is 6.33. The van der Waals surface area contributed by atoms with Crippen molar-refractivity contribution in [3.63, 3.8) is 0 Å². The lowest BCUT2D eigenvalue weighted by Gasteiger charge is -2.30. The van der Waals surface area contributed by atoms with E-state index in [2.05, 4.69) is 4.72 Å². The molecule has 0 aromatic heterocycles. The molecule has 2 aromatic carbocycles. The maximum atomic E-state index is 12.8. The second-order valence-corrected chi connectivity index (χ2v) is 11.0. The average molecular weight is 454 g/mol. The van der Waals surface area contributed by atoms with Crippen LogP contribution in [0, 0.1) is 23.0 Å². The highest BCUT2D eigenvalue weighted by atomic mass is 32.2. The van der Waals surface area contributed by atoms with Gasteiger partial charge in [-0.1, -0.05) is 13.0 Å². The number of nitrogens with zero attached hydrogens (tertiary/aromatic N) is 2. The van der Waals surface area contributed by atoms with Crippen LogP contribution in [0.25, 0.3) is 0 Å². The van der Waals surface area contributed by atoms with Gasteiger partial charge in [0, 0.05) is 30.9 Å². The quantitative estimate of drug-likeness (QED) is 0.529. The van der Waals surface area contributed by atoms with Gasteiger partial charge in [0.1, 0.15) is 0 Å². The third kappa shape index (κ3) is 4.63. The number of rotatable bonds is 6. The number of nitro benzene ring substituents is 1. The van der Waals surface area contributed by atoms with Crippen LogP contribution in [0.15, 0.2) is 52.3 Å². The Morgan fingerprint density at radius 3 is 2.37 bits per heavy atom. The zero-order valence-corrected chi connectivity index (χ0v) is 18.2. The van der Waals surface area contributed by atoms with Gasteiger partial charge in [0.25, 0.3) is 15.7 Å². The predicted molar refractivity (Wildman–Crippen MR) is 112 cm³/mol. The predicted octanol–water partition coefficient (Wildman–Crippen LogP) is 3.12. The molecule has 1 fully saturated rings. The van der Waals surface area contributed by atoms with Crippen LogP contribution >= 0.6 is 0 Å². The van der Waals surface area contributed by atoms with Gasteiger partial charge in [0.15, 0.2) is 0 Å². The Labute approximate surface area is 176 Å². The Hall–Kier alpha value is -2.50. The Morgan fingerprint density at radius 2 is 1.77 bits per heavy atom. The molecular formula is C19H23N3O6S2. The van der Waals surface area contributed by atoms with E-state index in [1.165, 1.54) is 47.6 Å². The first-order valence-corrected chi connectivity index (χ1v) is 12.3. The summed E-state index contributed by atoms with van der Waals surface area (Å²) >= 11 is 0. The third-order valence-electron chi connectivity index (χ3n) is 5.04. The lowest BCUT2D eigenvalue weighted by Crippen LogP contribution is -2.39. The summed E-state index contributed by atoms with van der Waals surface area (Å²) in [5.41, 5.74) is 0.177. The maximum Gasteiger partial charge on any atom is 0.270 e. The number of nitro groups is 1. The fraction of sp³-hybridized carbons (Fsp3) is 0.368. The normalized spacial score (nSPS) is 18.1. The van der Waals surface area contributed by atoms with E-state index in [4.69, 9.17) is 0 Å². The summed E-state index contributed by atoms with van der Waals surface area (Å²) < 4.78 is 54.8. The first-order chi connectivity index (χ1) is 14.0. The van der Waals surface area contributed by atoms with Gasteiger partial charge in [-0.25, -0.2) is 16.8 Å². The first-order valence-electron chi connectivity index (χ1n) is 9.39. The topological polar surface area (TPSA) is 127 Å². The van der Waals surface area contributed by atoms with Gasteiger partial charge < -0.3 is 0 Å². The van der Waals surface area contributed by atoms with Gasteiger partial charge in [-0.05, 0) is 55.5 Å². The van der Waals surface area contributed by atoms with Crippen LogP contribution in [0.1, 0.15) is 25.3 Å². The van der Waals surface area contributed by atoms with Crippen LogP contribution in [0.4, 0.5) is 11.4 Å². The second kappa shape index (κ2) is 8.32. The number of non-ortho nitro benzene ring substituents is 1. The number of benzene rings is 2. The molecule has 1 N–H and O–H groups in total. The summed E-state index contributed by atoms with van der Waals surface area (Å²) in [7, 11) is -7.74. The Bertz CT molecular complexity index is 1160. The lowest BCUT2D eigenvalue weighted by molar-refractivity contribution is -0.385. The van der Waals surface area contributed by atoms with E-state index >= 15 is 0 Å². The van der Waals surface area contributed by atoms with Crippen LogP contribution in [-0.2, 0) is 20.0 Å². The monoisotopic (exact) mass is 453 g/mol. The molecule has 0 saturated carbocycles. The van der Waals surface area contributed by atoms with Crippen LogP contribution < -0.4 is 4.72 Å². The molecule has 1 heterocycles. The van der Waals surface area contributed by atoms with Gasteiger partial charge >= 0.3 is 0 Å². The number of aryl methyl sites for hydroxylation is 1. The zero-order chi connectivity index (χ0) is 22.1. The fourth-order valence-electron chi connectivity index (χ4n) is 3.41. The summed E-state index contributed by atoms with van der Waals surface area (Å²) in [5.74, 6) is 0.290. The highest BCUT2D eigenvalue weighted by Gasteiger charge is 2.28. The van der Waals surface area contributed by atoms with Gasteiger partial charge in [0.05, 0.1) is 14.7 Å². The molecule has 0 spiro atoms. The molecule has 0 amide bonds. The van der Waals surface area contributed by atoms with Crippen molar-refractivity contribution in [1.29, 1.82) is 0 Å². The molecule has 0 radical (unpaired) electrons. The summed E-state index contributed by atoms with van der Waals surface area (Å²) in [5, 5.41) is 11.0. The largest absolute Gasteiger partial charge is 0.280 e. The number of hydrogen-bond acceptors (Lipinski definition) is 6. The van der Waals surface area contributed by atoms with Gasteiger partial charge in [-0.15, -0.1) is 0 Å². The molecule has 3 rings (SSSR count). The van der Waals surface area contributed by atoms with E-state index in [1.807, 2.05) is 6.92 Å². The van der Waals surface area contributed by atoms with Crippen LogP contribution in [0.2, 0.25) is 0 Å². The molecule has 2 aromatic rings. The molecule has 9 nitrogen and oxygen atoms in total. The van der Waals surface area contributed by atoms with Crippen molar-refractivity contribution in [3.05, 3.63) is 58.1 Å². The molecular weight excluding hydrogens is 430 g/mol. The molecule has 0 bridgehead atoms. The number of nitrogens with one attached hydrogen (secondary N) is 1. The Kier molecular flexibility index (Phi) is 6.16. The molecule has 1 saturated heterocycles. The molecule has 1 aliphatic rings. The highest BCUT2D eigenvalue weighted by Crippen LogP contribution is 2.27. The number of piperidine rings is 1.